The zero-order valence-electron chi connectivity index (χ0n) is 12.4. The van der Waals surface area contributed by atoms with E-state index in [1.54, 1.807) is 0 Å². The van der Waals surface area contributed by atoms with Crippen molar-refractivity contribution in [1.82, 2.24) is 9.80 Å². The molecule has 3 aliphatic rings. The van der Waals surface area contributed by atoms with E-state index in [2.05, 4.69) is 0 Å². The molecule has 1 aromatic rings. The molecule has 0 saturated carbocycles. The summed E-state index contributed by atoms with van der Waals surface area (Å²) in [5.74, 6) is 0.290. The Balaban J connectivity index is 1.60. The Morgan fingerprint density at radius 1 is 1.32 bits per heavy atom. The number of hydrogen-bond acceptors (Lipinski definition) is 4. The molecule has 22 heavy (non-hydrogen) atoms. The second-order valence-corrected chi connectivity index (χ2v) is 7.05. The molecular weight excluding hydrogens is 300 g/mol. The van der Waals surface area contributed by atoms with Crippen LogP contribution in [0.4, 0.5) is 0 Å². The minimum atomic E-state index is -0.0154. The van der Waals surface area contributed by atoms with E-state index in [-0.39, 0.29) is 30.0 Å². The Morgan fingerprint density at radius 3 is 2.95 bits per heavy atom. The van der Waals surface area contributed by atoms with Crippen LogP contribution in [-0.2, 0) is 9.53 Å². The molecule has 0 radical (unpaired) electrons. The summed E-state index contributed by atoms with van der Waals surface area (Å²) >= 11 is 1.54. The van der Waals surface area contributed by atoms with Gasteiger partial charge in [0.1, 0.15) is 0 Å². The van der Waals surface area contributed by atoms with Crippen LogP contribution in [0.3, 0.4) is 0 Å². The van der Waals surface area contributed by atoms with Crippen LogP contribution < -0.4 is 0 Å². The molecule has 0 aliphatic carbocycles. The Morgan fingerprint density at radius 2 is 2.23 bits per heavy atom. The van der Waals surface area contributed by atoms with Crippen LogP contribution >= 0.6 is 11.3 Å². The zero-order chi connectivity index (χ0) is 15.1. The third kappa shape index (κ3) is 2.25. The highest BCUT2D eigenvalue weighted by Gasteiger charge is 2.49. The Labute approximate surface area is 133 Å². The van der Waals surface area contributed by atoms with Crippen molar-refractivity contribution in [2.45, 2.75) is 43.9 Å². The number of rotatable bonds is 2. The molecule has 5 nitrogen and oxygen atoms in total. The molecule has 0 N–H and O–H groups in total. The van der Waals surface area contributed by atoms with Crippen molar-refractivity contribution < 1.29 is 14.3 Å². The molecule has 6 heteroatoms. The second-order valence-electron chi connectivity index (χ2n) is 6.27. The van der Waals surface area contributed by atoms with E-state index in [1.165, 1.54) is 11.3 Å². The van der Waals surface area contributed by atoms with Gasteiger partial charge in [0, 0.05) is 31.5 Å². The van der Waals surface area contributed by atoms with Crippen LogP contribution in [0, 0.1) is 0 Å². The summed E-state index contributed by atoms with van der Waals surface area (Å²) in [6.45, 7) is 2.15. The lowest BCUT2D eigenvalue weighted by atomic mass is 10.00. The number of ether oxygens (including phenoxy) is 1. The van der Waals surface area contributed by atoms with Crippen molar-refractivity contribution in [2.75, 3.05) is 19.7 Å². The predicted octanol–water partition coefficient (Wildman–Crippen LogP) is 1.74. The van der Waals surface area contributed by atoms with Gasteiger partial charge in [-0.05, 0) is 30.7 Å². The Hall–Kier alpha value is -1.40. The number of hydrogen-bond donors (Lipinski definition) is 0. The number of likely N-dealkylation sites (tertiary alicyclic amines) is 2. The first-order valence-corrected chi connectivity index (χ1v) is 8.94. The fourth-order valence-corrected chi connectivity index (χ4v) is 4.64. The molecule has 3 saturated heterocycles. The SMILES string of the molecule is O=C1CCCN1[C@@H]1CN(C(=O)c2ccsc2)[C@@H]2CCCO[C@H]12. The molecule has 4 heterocycles. The fraction of sp³-hybridized carbons (Fsp3) is 0.625. The van der Waals surface area contributed by atoms with Gasteiger partial charge in [-0.2, -0.15) is 11.3 Å². The quantitative estimate of drug-likeness (QED) is 0.834. The van der Waals surface area contributed by atoms with Gasteiger partial charge in [-0.1, -0.05) is 0 Å². The van der Waals surface area contributed by atoms with Gasteiger partial charge in [-0.3, -0.25) is 9.59 Å². The molecule has 3 atom stereocenters. The molecule has 0 spiro atoms. The van der Waals surface area contributed by atoms with Crippen molar-refractivity contribution in [3.05, 3.63) is 22.4 Å². The number of amides is 2. The van der Waals surface area contributed by atoms with Gasteiger partial charge in [0.05, 0.1) is 23.8 Å². The van der Waals surface area contributed by atoms with Crippen LogP contribution in [-0.4, -0.2) is 59.5 Å². The zero-order valence-corrected chi connectivity index (χ0v) is 13.3. The summed E-state index contributed by atoms with van der Waals surface area (Å²) < 4.78 is 5.99. The smallest absolute Gasteiger partial charge is 0.255 e. The lowest BCUT2D eigenvalue weighted by Gasteiger charge is -2.34. The van der Waals surface area contributed by atoms with E-state index >= 15 is 0 Å². The highest BCUT2D eigenvalue weighted by Crippen LogP contribution is 2.34. The average molecular weight is 320 g/mol. The van der Waals surface area contributed by atoms with Gasteiger partial charge in [0.25, 0.3) is 5.91 Å². The largest absolute Gasteiger partial charge is 0.374 e. The number of carbonyl (C=O) groups excluding carboxylic acids is 2. The van der Waals surface area contributed by atoms with E-state index in [0.29, 0.717) is 13.0 Å². The molecule has 1 aromatic heterocycles. The van der Waals surface area contributed by atoms with Gasteiger partial charge < -0.3 is 14.5 Å². The minimum absolute atomic E-state index is 0.0154. The molecule has 0 bridgehead atoms. The number of carbonyl (C=O) groups is 2. The Bertz CT molecular complexity index is 574. The molecule has 0 unspecified atom stereocenters. The third-order valence-corrected chi connectivity index (χ3v) is 5.72. The average Bonchev–Trinajstić information content (AvgIpc) is 3.25. The Kier molecular flexibility index (Phi) is 3.66. The van der Waals surface area contributed by atoms with Gasteiger partial charge in [0.2, 0.25) is 5.91 Å². The third-order valence-electron chi connectivity index (χ3n) is 5.04. The van der Waals surface area contributed by atoms with Crippen LogP contribution in [0.15, 0.2) is 16.8 Å². The summed E-state index contributed by atoms with van der Waals surface area (Å²) in [6.07, 6.45) is 3.49. The topological polar surface area (TPSA) is 49.9 Å². The monoisotopic (exact) mass is 320 g/mol. The first-order valence-electron chi connectivity index (χ1n) is 8.00. The summed E-state index contributed by atoms with van der Waals surface area (Å²) in [5.41, 5.74) is 0.753. The predicted molar refractivity (Wildman–Crippen MR) is 82.9 cm³/mol. The summed E-state index contributed by atoms with van der Waals surface area (Å²) in [7, 11) is 0. The maximum absolute atomic E-state index is 12.8. The van der Waals surface area contributed by atoms with Crippen LogP contribution in [0.25, 0.3) is 0 Å². The molecule has 118 valence electrons. The molecule has 0 aromatic carbocycles. The summed E-state index contributed by atoms with van der Waals surface area (Å²) in [4.78, 5) is 28.8. The van der Waals surface area contributed by atoms with E-state index in [0.717, 1.165) is 38.0 Å². The first-order chi connectivity index (χ1) is 10.8. The van der Waals surface area contributed by atoms with Crippen molar-refractivity contribution in [3.63, 3.8) is 0 Å². The molecule has 3 aliphatic heterocycles. The van der Waals surface area contributed by atoms with Gasteiger partial charge in [-0.25, -0.2) is 0 Å². The maximum Gasteiger partial charge on any atom is 0.255 e. The van der Waals surface area contributed by atoms with Gasteiger partial charge in [0.15, 0.2) is 0 Å². The van der Waals surface area contributed by atoms with E-state index in [9.17, 15) is 9.59 Å². The fourth-order valence-electron chi connectivity index (χ4n) is 4.01. The van der Waals surface area contributed by atoms with Crippen molar-refractivity contribution in [1.29, 1.82) is 0 Å². The lowest BCUT2D eigenvalue weighted by Crippen LogP contribution is -2.48. The van der Waals surface area contributed by atoms with Gasteiger partial charge >= 0.3 is 0 Å². The maximum atomic E-state index is 12.8. The minimum Gasteiger partial charge on any atom is -0.374 e. The van der Waals surface area contributed by atoms with Crippen LogP contribution in [0.1, 0.15) is 36.0 Å². The van der Waals surface area contributed by atoms with E-state index in [1.807, 2.05) is 26.6 Å². The highest BCUT2D eigenvalue weighted by atomic mass is 32.1. The molecular formula is C16H20N2O3S. The normalized spacial score (nSPS) is 31.6. The molecule has 4 rings (SSSR count). The number of fused-ring (bicyclic) bond motifs is 1. The standard InChI is InChI=1S/C16H20N2O3S/c19-14-4-1-6-17(14)13-9-18(12-3-2-7-21-15(12)13)16(20)11-5-8-22-10-11/h5,8,10,12-13,15H,1-4,6-7,9H2/t12-,13-,15+/m1/s1. The lowest BCUT2D eigenvalue weighted by molar-refractivity contribution is -0.132. The number of thiophene rings is 1. The summed E-state index contributed by atoms with van der Waals surface area (Å²) in [6, 6.07) is 2.02. The first kappa shape index (κ1) is 14.2. The van der Waals surface area contributed by atoms with E-state index in [4.69, 9.17) is 4.74 Å². The molecule has 3 fully saturated rings. The van der Waals surface area contributed by atoms with Crippen molar-refractivity contribution >= 4 is 23.2 Å². The van der Waals surface area contributed by atoms with Crippen molar-refractivity contribution in [3.8, 4) is 0 Å². The van der Waals surface area contributed by atoms with Crippen molar-refractivity contribution in [2.24, 2.45) is 0 Å². The summed E-state index contributed by atoms with van der Waals surface area (Å²) in [5, 5.41) is 3.83. The van der Waals surface area contributed by atoms with Gasteiger partial charge in [-0.15, -0.1) is 0 Å². The van der Waals surface area contributed by atoms with E-state index < -0.39 is 0 Å². The number of nitrogens with zero attached hydrogens (tertiary/aromatic N) is 2. The second kappa shape index (κ2) is 5.66. The molecule has 2 amide bonds. The van der Waals surface area contributed by atoms with Crippen LogP contribution in [0.5, 0.6) is 0 Å². The highest BCUT2D eigenvalue weighted by molar-refractivity contribution is 7.08. The van der Waals surface area contributed by atoms with Crippen LogP contribution in [0.2, 0.25) is 0 Å².